The Morgan fingerprint density at radius 1 is 1.00 bits per heavy atom. The van der Waals surface area contributed by atoms with E-state index in [4.69, 9.17) is 0 Å². The third-order valence-electron chi connectivity index (χ3n) is 3.15. The highest BCUT2D eigenvalue weighted by Gasteiger charge is 2.06. The Morgan fingerprint density at radius 3 is 2.45 bits per heavy atom. The van der Waals surface area contributed by atoms with Crippen LogP contribution < -0.4 is 5.32 Å². The van der Waals surface area contributed by atoms with E-state index in [-0.39, 0.29) is 18.1 Å². The van der Waals surface area contributed by atoms with E-state index in [0.717, 1.165) is 12.8 Å². The number of phenolic OH excluding ortho intramolecular Hbond substituents is 1. The van der Waals surface area contributed by atoms with Gasteiger partial charge in [-0.2, -0.15) is 0 Å². The Morgan fingerprint density at radius 2 is 1.70 bits per heavy atom. The first-order valence-corrected chi connectivity index (χ1v) is 6.83. The molecule has 0 unspecified atom stereocenters. The van der Waals surface area contributed by atoms with Gasteiger partial charge in [0, 0.05) is 12.1 Å². The zero-order valence-electron chi connectivity index (χ0n) is 11.4. The molecule has 0 heterocycles. The second kappa shape index (κ2) is 7.34. The zero-order valence-corrected chi connectivity index (χ0v) is 11.4. The number of nitrogens with one attached hydrogen (secondary N) is 1. The topological polar surface area (TPSA) is 49.3 Å². The molecule has 0 aromatic heterocycles. The Hall–Kier alpha value is -2.29. The van der Waals surface area contributed by atoms with Crippen LogP contribution in [0.25, 0.3) is 0 Å². The van der Waals surface area contributed by atoms with Crippen molar-refractivity contribution < 1.29 is 9.90 Å². The van der Waals surface area contributed by atoms with Gasteiger partial charge in [-0.25, -0.2) is 0 Å². The summed E-state index contributed by atoms with van der Waals surface area (Å²) in [6.45, 7) is 0.654. The number of para-hydroxylation sites is 1. The Kier molecular flexibility index (Phi) is 5.18. The van der Waals surface area contributed by atoms with E-state index >= 15 is 0 Å². The Balaban J connectivity index is 1.69. The molecular weight excluding hydrogens is 250 g/mol. The maximum Gasteiger partial charge on any atom is 0.224 e. The maximum atomic E-state index is 11.8. The summed E-state index contributed by atoms with van der Waals surface area (Å²) in [4.78, 5) is 11.8. The highest BCUT2D eigenvalue weighted by Crippen LogP contribution is 2.15. The molecule has 0 fully saturated rings. The molecule has 3 nitrogen and oxygen atoms in total. The van der Waals surface area contributed by atoms with E-state index in [1.807, 2.05) is 24.3 Å². The molecule has 1 amide bonds. The number of carbonyl (C=O) groups is 1. The molecular formula is C17H19NO2. The van der Waals surface area contributed by atoms with Crippen molar-refractivity contribution in [3.8, 4) is 5.75 Å². The molecule has 2 rings (SSSR count). The first-order valence-electron chi connectivity index (χ1n) is 6.83. The number of hydrogen-bond donors (Lipinski definition) is 2. The maximum absolute atomic E-state index is 11.8. The molecule has 0 spiro atoms. The van der Waals surface area contributed by atoms with Gasteiger partial charge in [0.25, 0.3) is 0 Å². The van der Waals surface area contributed by atoms with Gasteiger partial charge in [-0.15, -0.1) is 0 Å². The van der Waals surface area contributed by atoms with Crippen molar-refractivity contribution in [1.29, 1.82) is 0 Å². The molecule has 2 aromatic carbocycles. The number of carbonyl (C=O) groups excluding carboxylic acids is 1. The van der Waals surface area contributed by atoms with Crippen molar-refractivity contribution in [3.05, 3.63) is 65.7 Å². The van der Waals surface area contributed by atoms with Crippen LogP contribution in [0, 0.1) is 0 Å². The van der Waals surface area contributed by atoms with Crippen molar-refractivity contribution in [2.24, 2.45) is 0 Å². The highest BCUT2D eigenvalue weighted by molar-refractivity contribution is 5.79. The average molecular weight is 269 g/mol. The lowest BCUT2D eigenvalue weighted by Crippen LogP contribution is -2.26. The quantitative estimate of drug-likeness (QED) is 0.792. The average Bonchev–Trinajstić information content (AvgIpc) is 2.47. The SMILES string of the molecule is O=C(Cc1ccccc1O)NCCCc1ccccc1. The summed E-state index contributed by atoms with van der Waals surface area (Å²) in [6, 6.07) is 17.1. The Bertz CT molecular complexity index is 552. The van der Waals surface area contributed by atoms with E-state index < -0.39 is 0 Å². The fourth-order valence-electron chi connectivity index (χ4n) is 2.06. The lowest BCUT2D eigenvalue weighted by Gasteiger charge is -2.06. The van der Waals surface area contributed by atoms with Crippen molar-refractivity contribution in [2.45, 2.75) is 19.3 Å². The smallest absolute Gasteiger partial charge is 0.224 e. The number of aromatic hydroxyl groups is 1. The highest BCUT2D eigenvalue weighted by atomic mass is 16.3. The minimum Gasteiger partial charge on any atom is -0.508 e. The van der Waals surface area contributed by atoms with Crippen molar-refractivity contribution in [2.75, 3.05) is 6.54 Å². The van der Waals surface area contributed by atoms with Gasteiger partial charge in [-0.3, -0.25) is 4.79 Å². The molecule has 0 saturated heterocycles. The summed E-state index contributed by atoms with van der Waals surface area (Å²) in [5.41, 5.74) is 1.94. The molecule has 2 N–H and O–H groups in total. The monoisotopic (exact) mass is 269 g/mol. The van der Waals surface area contributed by atoms with Crippen molar-refractivity contribution in [1.82, 2.24) is 5.32 Å². The van der Waals surface area contributed by atoms with Crippen LogP contribution in [0.4, 0.5) is 0 Å². The number of hydrogen-bond acceptors (Lipinski definition) is 2. The van der Waals surface area contributed by atoms with Gasteiger partial charge in [-0.1, -0.05) is 48.5 Å². The first kappa shape index (κ1) is 14.1. The van der Waals surface area contributed by atoms with E-state index in [9.17, 15) is 9.90 Å². The fraction of sp³-hybridized carbons (Fsp3) is 0.235. The summed E-state index contributed by atoms with van der Waals surface area (Å²) < 4.78 is 0. The van der Waals surface area contributed by atoms with Crippen LogP contribution in [0.5, 0.6) is 5.75 Å². The van der Waals surface area contributed by atoms with Gasteiger partial charge < -0.3 is 10.4 Å². The Labute approximate surface area is 119 Å². The summed E-state index contributed by atoms with van der Waals surface area (Å²) >= 11 is 0. The van der Waals surface area contributed by atoms with Crippen LogP contribution in [0.15, 0.2) is 54.6 Å². The summed E-state index contributed by atoms with van der Waals surface area (Å²) in [7, 11) is 0. The predicted molar refractivity (Wildman–Crippen MR) is 79.6 cm³/mol. The molecule has 0 aliphatic heterocycles. The molecule has 20 heavy (non-hydrogen) atoms. The van der Waals surface area contributed by atoms with Crippen molar-refractivity contribution >= 4 is 5.91 Å². The zero-order chi connectivity index (χ0) is 14.2. The van der Waals surface area contributed by atoms with Gasteiger partial charge in [0.2, 0.25) is 5.91 Å². The molecule has 0 atom stereocenters. The minimum absolute atomic E-state index is 0.0560. The number of aryl methyl sites for hydroxylation is 1. The molecule has 2 aromatic rings. The van der Waals surface area contributed by atoms with Crippen LogP contribution >= 0.6 is 0 Å². The predicted octanol–water partition coefficient (Wildman–Crippen LogP) is 2.68. The molecule has 3 heteroatoms. The number of amides is 1. The van der Waals surface area contributed by atoms with Gasteiger partial charge >= 0.3 is 0 Å². The fourth-order valence-corrected chi connectivity index (χ4v) is 2.06. The van der Waals surface area contributed by atoms with Crippen LogP contribution in [-0.2, 0) is 17.6 Å². The summed E-state index contributed by atoms with van der Waals surface area (Å²) in [5.74, 6) is 0.117. The molecule has 0 aliphatic carbocycles. The van der Waals surface area contributed by atoms with Gasteiger partial charge in [-0.05, 0) is 24.5 Å². The van der Waals surface area contributed by atoms with Gasteiger partial charge in [0.15, 0.2) is 0 Å². The molecule has 0 bridgehead atoms. The van der Waals surface area contributed by atoms with Crippen LogP contribution in [0.1, 0.15) is 17.5 Å². The summed E-state index contributed by atoms with van der Waals surface area (Å²) in [6.07, 6.45) is 2.09. The standard InChI is InChI=1S/C17H19NO2/c19-16-11-5-4-10-15(16)13-17(20)18-12-6-9-14-7-2-1-3-8-14/h1-5,7-8,10-11,19H,6,9,12-13H2,(H,18,20). The molecule has 0 saturated carbocycles. The largest absolute Gasteiger partial charge is 0.508 e. The lowest BCUT2D eigenvalue weighted by molar-refractivity contribution is -0.120. The molecule has 0 radical (unpaired) electrons. The van der Waals surface area contributed by atoms with E-state index in [1.165, 1.54) is 5.56 Å². The van der Waals surface area contributed by atoms with E-state index in [2.05, 4.69) is 17.4 Å². The number of benzene rings is 2. The molecule has 0 aliphatic rings. The second-order valence-corrected chi connectivity index (χ2v) is 4.74. The van der Waals surface area contributed by atoms with Crippen LogP contribution in [-0.4, -0.2) is 17.6 Å². The lowest BCUT2D eigenvalue weighted by atomic mass is 10.1. The normalized spacial score (nSPS) is 10.2. The van der Waals surface area contributed by atoms with Crippen LogP contribution in [0.3, 0.4) is 0 Å². The molecule has 104 valence electrons. The summed E-state index contributed by atoms with van der Waals surface area (Å²) in [5, 5.41) is 12.5. The third-order valence-corrected chi connectivity index (χ3v) is 3.15. The van der Waals surface area contributed by atoms with E-state index in [0.29, 0.717) is 12.1 Å². The van der Waals surface area contributed by atoms with Gasteiger partial charge in [0.1, 0.15) is 5.75 Å². The second-order valence-electron chi connectivity index (χ2n) is 4.74. The number of phenols is 1. The first-order chi connectivity index (χ1) is 9.75. The van der Waals surface area contributed by atoms with Gasteiger partial charge in [0.05, 0.1) is 6.42 Å². The minimum atomic E-state index is -0.0560. The third kappa shape index (κ3) is 4.43. The van der Waals surface area contributed by atoms with E-state index in [1.54, 1.807) is 18.2 Å². The van der Waals surface area contributed by atoms with Crippen molar-refractivity contribution in [3.63, 3.8) is 0 Å². The number of rotatable bonds is 6. The van der Waals surface area contributed by atoms with Crippen LogP contribution in [0.2, 0.25) is 0 Å².